The van der Waals surface area contributed by atoms with Gasteiger partial charge in [-0.15, -0.1) is 0 Å². The number of nitro groups is 1. The summed E-state index contributed by atoms with van der Waals surface area (Å²) in [5, 5.41) is 22.8. The number of hydrogen-bond acceptors (Lipinski definition) is 4. The first-order chi connectivity index (χ1) is 9.35. The predicted octanol–water partition coefficient (Wildman–Crippen LogP) is 2.04. The summed E-state index contributed by atoms with van der Waals surface area (Å²) in [6.45, 7) is 5.45. The number of nitrogens with one attached hydrogen (secondary N) is 1. The lowest BCUT2D eigenvalue weighted by atomic mass is 10.0. The molecule has 0 bridgehead atoms. The number of carbonyl (C=O) groups excluding carboxylic acids is 1. The molecule has 110 valence electrons. The van der Waals surface area contributed by atoms with Gasteiger partial charge in [-0.1, -0.05) is 19.9 Å². The van der Waals surface area contributed by atoms with Gasteiger partial charge in [-0.3, -0.25) is 14.9 Å². The van der Waals surface area contributed by atoms with Crippen LogP contribution in [0.15, 0.2) is 18.2 Å². The molecule has 0 saturated heterocycles. The summed E-state index contributed by atoms with van der Waals surface area (Å²) >= 11 is 0. The van der Waals surface area contributed by atoms with Crippen LogP contribution in [-0.2, 0) is 0 Å². The number of amides is 1. The van der Waals surface area contributed by atoms with Gasteiger partial charge in [0.15, 0.2) is 0 Å². The van der Waals surface area contributed by atoms with Crippen LogP contribution < -0.4 is 5.32 Å². The molecule has 1 amide bonds. The van der Waals surface area contributed by atoms with Crippen molar-refractivity contribution in [1.82, 2.24) is 5.32 Å². The fraction of sp³-hybridized carbons (Fsp3) is 0.500. The van der Waals surface area contributed by atoms with Gasteiger partial charge in [0.1, 0.15) is 0 Å². The number of aliphatic hydroxyl groups excluding tert-OH is 1. The smallest absolute Gasteiger partial charge is 0.273 e. The van der Waals surface area contributed by atoms with Crippen LogP contribution in [0, 0.1) is 23.0 Å². The van der Waals surface area contributed by atoms with E-state index in [2.05, 4.69) is 5.32 Å². The van der Waals surface area contributed by atoms with Gasteiger partial charge in [0, 0.05) is 17.2 Å². The van der Waals surface area contributed by atoms with Crippen molar-refractivity contribution in [3.05, 3.63) is 39.4 Å². The lowest BCUT2D eigenvalue weighted by Crippen LogP contribution is -2.38. The van der Waals surface area contributed by atoms with Crippen molar-refractivity contribution in [3.8, 4) is 0 Å². The van der Waals surface area contributed by atoms with E-state index in [9.17, 15) is 20.0 Å². The average molecular weight is 280 g/mol. The molecule has 1 aromatic rings. The monoisotopic (exact) mass is 280 g/mol. The van der Waals surface area contributed by atoms with Crippen molar-refractivity contribution in [1.29, 1.82) is 0 Å². The van der Waals surface area contributed by atoms with Crippen LogP contribution in [0.2, 0.25) is 0 Å². The molecule has 0 aliphatic heterocycles. The highest BCUT2D eigenvalue weighted by atomic mass is 16.6. The Kier molecular flexibility index (Phi) is 5.64. The second-order valence-corrected chi connectivity index (χ2v) is 5.24. The molecule has 0 aliphatic rings. The highest BCUT2D eigenvalue weighted by molar-refractivity contribution is 5.95. The van der Waals surface area contributed by atoms with E-state index in [1.54, 1.807) is 19.1 Å². The molecule has 2 N–H and O–H groups in total. The quantitative estimate of drug-likeness (QED) is 0.616. The minimum absolute atomic E-state index is 0.0814. The Balaban J connectivity index is 2.87. The largest absolute Gasteiger partial charge is 0.394 e. The summed E-state index contributed by atoms with van der Waals surface area (Å²) in [6, 6.07) is 4.00. The lowest BCUT2D eigenvalue weighted by molar-refractivity contribution is -0.385. The van der Waals surface area contributed by atoms with Crippen molar-refractivity contribution < 1.29 is 14.8 Å². The first-order valence-corrected chi connectivity index (χ1v) is 6.52. The predicted molar refractivity (Wildman–Crippen MR) is 75.6 cm³/mol. The summed E-state index contributed by atoms with van der Waals surface area (Å²) in [5.74, 6) is -0.0763. The first-order valence-electron chi connectivity index (χ1n) is 6.52. The van der Waals surface area contributed by atoms with E-state index in [0.717, 1.165) is 0 Å². The van der Waals surface area contributed by atoms with E-state index >= 15 is 0 Å². The van der Waals surface area contributed by atoms with Gasteiger partial charge >= 0.3 is 0 Å². The molecule has 1 atom stereocenters. The Morgan fingerprint density at radius 2 is 2.10 bits per heavy atom. The van der Waals surface area contributed by atoms with Crippen LogP contribution in [0.4, 0.5) is 5.69 Å². The molecular weight excluding hydrogens is 260 g/mol. The maximum Gasteiger partial charge on any atom is 0.273 e. The molecule has 6 heteroatoms. The first kappa shape index (κ1) is 16.1. The van der Waals surface area contributed by atoms with Gasteiger partial charge in [0.05, 0.1) is 17.6 Å². The minimum Gasteiger partial charge on any atom is -0.394 e. The Bertz CT molecular complexity index is 500. The van der Waals surface area contributed by atoms with E-state index in [4.69, 9.17) is 0 Å². The zero-order valence-electron chi connectivity index (χ0n) is 11.9. The Labute approximate surface area is 118 Å². The standard InChI is InChI=1S/C14H20N2O4/c1-9(2)6-12(8-17)15-14(18)11-5-4-10(3)13(7-11)16(19)20/h4-5,7,9,12,17H,6,8H2,1-3H3,(H,15,18). The van der Waals surface area contributed by atoms with Gasteiger partial charge < -0.3 is 10.4 Å². The highest BCUT2D eigenvalue weighted by Gasteiger charge is 2.18. The summed E-state index contributed by atoms with van der Waals surface area (Å²) in [4.78, 5) is 22.4. The summed E-state index contributed by atoms with van der Waals surface area (Å²) in [6.07, 6.45) is 0.649. The molecule has 0 saturated carbocycles. The average Bonchev–Trinajstić information content (AvgIpc) is 2.37. The lowest BCUT2D eigenvalue weighted by Gasteiger charge is -2.18. The molecule has 20 heavy (non-hydrogen) atoms. The second kappa shape index (κ2) is 7.00. The topological polar surface area (TPSA) is 92.5 Å². The Morgan fingerprint density at radius 3 is 2.60 bits per heavy atom. The molecule has 1 unspecified atom stereocenters. The number of carbonyl (C=O) groups is 1. The Hall–Kier alpha value is -1.95. The van der Waals surface area contributed by atoms with Gasteiger partial charge in [-0.25, -0.2) is 0 Å². The van der Waals surface area contributed by atoms with Crippen LogP contribution in [0.25, 0.3) is 0 Å². The molecule has 0 aromatic heterocycles. The zero-order chi connectivity index (χ0) is 15.3. The van der Waals surface area contributed by atoms with E-state index in [-0.39, 0.29) is 23.9 Å². The third-order valence-corrected chi connectivity index (χ3v) is 2.98. The minimum atomic E-state index is -0.510. The number of rotatable bonds is 6. The number of nitrogens with zero attached hydrogens (tertiary/aromatic N) is 1. The molecule has 0 heterocycles. The fourth-order valence-electron chi connectivity index (χ4n) is 1.96. The van der Waals surface area contributed by atoms with Crippen molar-refractivity contribution >= 4 is 11.6 Å². The highest BCUT2D eigenvalue weighted by Crippen LogP contribution is 2.19. The van der Waals surface area contributed by atoms with Gasteiger partial charge in [0.25, 0.3) is 11.6 Å². The molecule has 0 aliphatic carbocycles. The second-order valence-electron chi connectivity index (χ2n) is 5.24. The fourth-order valence-corrected chi connectivity index (χ4v) is 1.96. The van der Waals surface area contributed by atoms with Crippen molar-refractivity contribution in [2.24, 2.45) is 5.92 Å². The molecule has 0 radical (unpaired) electrons. The van der Waals surface area contributed by atoms with Crippen LogP contribution >= 0.6 is 0 Å². The van der Waals surface area contributed by atoms with Crippen LogP contribution in [0.3, 0.4) is 0 Å². The van der Waals surface area contributed by atoms with E-state index in [1.807, 2.05) is 13.8 Å². The van der Waals surface area contributed by atoms with Gasteiger partial charge in [0.2, 0.25) is 0 Å². The molecule has 1 rings (SSSR count). The summed E-state index contributed by atoms with van der Waals surface area (Å²) in [5.41, 5.74) is 0.652. The zero-order valence-corrected chi connectivity index (χ0v) is 11.9. The number of aryl methyl sites for hydroxylation is 1. The van der Waals surface area contributed by atoms with Crippen molar-refractivity contribution in [2.45, 2.75) is 33.2 Å². The maximum absolute atomic E-state index is 12.0. The molecular formula is C14H20N2O4. The normalized spacial score (nSPS) is 12.2. The summed E-state index contributed by atoms with van der Waals surface area (Å²) < 4.78 is 0. The van der Waals surface area contributed by atoms with Gasteiger partial charge in [-0.05, 0) is 25.3 Å². The molecule has 0 spiro atoms. The van der Waals surface area contributed by atoms with Crippen LogP contribution in [0.1, 0.15) is 36.2 Å². The van der Waals surface area contributed by atoms with Crippen molar-refractivity contribution in [3.63, 3.8) is 0 Å². The van der Waals surface area contributed by atoms with Crippen LogP contribution in [-0.4, -0.2) is 28.6 Å². The number of benzene rings is 1. The third-order valence-electron chi connectivity index (χ3n) is 2.98. The maximum atomic E-state index is 12.0. The van der Waals surface area contributed by atoms with E-state index < -0.39 is 10.8 Å². The third kappa shape index (κ3) is 4.31. The van der Waals surface area contributed by atoms with Gasteiger partial charge in [-0.2, -0.15) is 0 Å². The molecule has 0 fully saturated rings. The number of nitro benzene ring substituents is 1. The van der Waals surface area contributed by atoms with Crippen molar-refractivity contribution in [2.75, 3.05) is 6.61 Å². The molecule has 1 aromatic carbocycles. The number of aliphatic hydroxyl groups is 1. The molecule has 6 nitrogen and oxygen atoms in total. The van der Waals surface area contributed by atoms with E-state index in [1.165, 1.54) is 6.07 Å². The number of hydrogen-bond donors (Lipinski definition) is 2. The Morgan fingerprint density at radius 1 is 1.45 bits per heavy atom. The summed E-state index contributed by atoms with van der Waals surface area (Å²) in [7, 11) is 0. The van der Waals surface area contributed by atoms with Crippen LogP contribution in [0.5, 0.6) is 0 Å². The van der Waals surface area contributed by atoms with E-state index in [0.29, 0.717) is 17.9 Å². The SMILES string of the molecule is Cc1ccc(C(=O)NC(CO)CC(C)C)cc1[N+](=O)[O-].